The van der Waals surface area contributed by atoms with E-state index < -0.39 is 12.1 Å². The molecule has 0 aromatic rings. The highest BCUT2D eigenvalue weighted by molar-refractivity contribution is 5.89. The minimum absolute atomic E-state index is 0.0158. The van der Waals surface area contributed by atoms with Gasteiger partial charge in [-0.15, -0.1) is 0 Å². The molecule has 5 aliphatic carbocycles. The standard InChI is InChI=1S/C19H27NO4/c21-15-3-1-2-4-16(15)24-17(22)11-20-18(23)19-8-12-5-13(9-19)7-14(6-12)10-19/h12-14,16H,1-11H2,(H,20,23)/t12?,13?,14?,16-,19?/m0/s1. The van der Waals surface area contributed by atoms with Gasteiger partial charge in [0.1, 0.15) is 6.54 Å². The summed E-state index contributed by atoms with van der Waals surface area (Å²) in [6.07, 6.45) is 9.16. The van der Waals surface area contributed by atoms with Crippen LogP contribution in [0.15, 0.2) is 0 Å². The number of hydrogen-bond acceptors (Lipinski definition) is 4. The molecule has 5 fully saturated rings. The average molecular weight is 333 g/mol. The van der Waals surface area contributed by atoms with Crippen LogP contribution >= 0.6 is 0 Å². The molecule has 0 aromatic heterocycles. The average Bonchev–Trinajstić information content (AvgIpc) is 2.53. The minimum Gasteiger partial charge on any atom is -0.453 e. The minimum atomic E-state index is -0.595. The summed E-state index contributed by atoms with van der Waals surface area (Å²) in [7, 11) is 0. The van der Waals surface area contributed by atoms with Gasteiger partial charge in [0.05, 0.1) is 0 Å². The Morgan fingerprint density at radius 2 is 1.67 bits per heavy atom. The Balaban J connectivity index is 1.30. The van der Waals surface area contributed by atoms with Crippen molar-refractivity contribution in [2.45, 2.75) is 70.3 Å². The Labute approximate surface area is 142 Å². The van der Waals surface area contributed by atoms with Crippen LogP contribution in [0.2, 0.25) is 0 Å². The molecule has 132 valence electrons. The number of esters is 1. The van der Waals surface area contributed by atoms with Crippen LogP contribution in [0.25, 0.3) is 0 Å². The molecule has 1 amide bonds. The molecule has 1 N–H and O–H groups in total. The van der Waals surface area contributed by atoms with Gasteiger partial charge >= 0.3 is 5.97 Å². The van der Waals surface area contributed by atoms with Crippen molar-refractivity contribution in [3.63, 3.8) is 0 Å². The highest BCUT2D eigenvalue weighted by Gasteiger charge is 2.54. The van der Waals surface area contributed by atoms with Crippen molar-refractivity contribution < 1.29 is 19.1 Å². The van der Waals surface area contributed by atoms with E-state index in [0.717, 1.165) is 32.1 Å². The molecule has 5 nitrogen and oxygen atoms in total. The molecule has 4 bridgehead atoms. The molecule has 5 saturated carbocycles. The van der Waals surface area contributed by atoms with Crippen molar-refractivity contribution in [1.82, 2.24) is 5.32 Å². The molecule has 0 spiro atoms. The molecular weight excluding hydrogens is 306 g/mol. The Morgan fingerprint density at radius 3 is 2.25 bits per heavy atom. The Hall–Kier alpha value is -1.39. The van der Waals surface area contributed by atoms with E-state index in [1.165, 1.54) is 19.3 Å². The van der Waals surface area contributed by atoms with Gasteiger partial charge in [-0.1, -0.05) is 0 Å². The number of rotatable bonds is 4. The third kappa shape index (κ3) is 2.98. The van der Waals surface area contributed by atoms with E-state index in [2.05, 4.69) is 5.32 Å². The fraction of sp³-hybridized carbons (Fsp3) is 0.842. The summed E-state index contributed by atoms with van der Waals surface area (Å²) in [5.74, 6) is 1.68. The quantitative estimate of drug-likeness (QED) is 0.802. The second kappa shape index (κ2) is 6.16. The lowest BCUT2D eigenvalue weighted by Gasteiger charge is -2.55. The Kier molecular flexibility index (Phi) is 4.13. The van der Waals surface area contributed by atoms with E-state index in [1.54, 1.807) is 0 Å². The van der Waals surface area contributed by atoms with Crippen LogP contribution in [-0.2, 0) is 19.1 Å². The third-order valence-electron chi connectivity index (χ3n) is 6.69. The summed E-state index contributed by atoms with van der Waals surface area (Å²) in [6.45, 7) is -0.107. The van der Waals surface area contributed by atoms with E-state index in [1.807, 2.05) is 0 Å². The summed E-state index contributed by atoms with van der Waals surface area (Å²) in [5, 5.41) is 2.82. The van der Waals surface area contributed by atoms with Crippen LogP contribution in [0.3, 0.4) is 0 Å². The van der Waals surface area contributed by atoms with E-state index in [9.17, 15) is 14.4 Å². The number of ketones is 1. The predicted octanol–water partition coefficient (Wildman–Crippen LogP) is 2.37. The molecule has 0 heterocycles. The van der Waals surface area contributed by atoms with Crippen molar-refractivity contribution in [3.05, 3.63) is 0 Å². The van der Waals surface area contributed by atoms with Crippen molar-refractivity contribution in [3.8, 4) is 0 Å². The van der Waals surface area contributed by atoms with Crippen LogP contribution in [0, 0.1) is 23.2 Å². The zero-order valence-electron chi connectivity index (χ0n) is 14.2. The largest absolute Gasteiger partial charge is 0.453 e. The molecular formula is C19H27NO4. The number of Topliss-reactive ketones (excluding diaryl/α,β-unsaturated/α-hetero) is 1. The molecule has 5 rings (SSSR count). The number of hydrogen-bond donors (Lipinski definition) is 1. The van der Waals surface area contributed by atoms with E-state index >= 15 is 0 Å². The molecule has 0 aromatic carbocycles. The second-order valence-electron chi connectivity index (χ2n) is 8.57. The number of nitrogens with one attached hydrogen (secondary N) is 1. The van der Waals surface area contributed by atoms with Crippen LogP contribution in [0.5, 0.6) is 0 Å². The molecule has 0 radical (unpaired) electrons. The summed E-state index contributed by atoms with van der Waals surface area (Å²) >= 11 is 0. The highest BCUT2D eigenvalue weighted by atomic mass is 16.5. The van der Waals surface area contributed by atoms with Crippen LogP contribution in [-0.4, -0.2) is 30.3 Å². The first-order valence-electron chi connectivity index (χ1n) is 9.54. The third-order valence-corrected chi connectivity index (χ3v) is 6.69. The number of carbonyl (C=O) groups is 3. The molecule has 1 atom stereocenters. The maximum atomic E-state index is 12.8. The fourth-order valence-corrected chi connectivity index (χ4v) is 6.00. The van der Waals surface area contributed by atoms with E-state index in [0.29, 0.717) is 30.6 Å². The first kappa shape index (κ1) is 16.1. The van der Waals surface area contributed by atoms with Gasteiger partial charge in [-0.3, -0.25) is 14.4 Å². The Morgan fingerprint density at radius 1 is 1.04 bits per heavy atom. The van der Waals surface area contributed by atoms with Gasteiger partial charge in [-0.05, 0) is 75.5 Å². The fourth-order valence-electron chi connectivity index (χ4n) is 6.00. The van der Waals surface area contributed by atoms with Crippen LogP contribution in [0.1, 0.15) is 64.2 Å². The topological polar surface area (TPSA) is 72.5 Å². The highest BCUT2D eigenvalue weighted by Crippen LogP contribution is 2.60. The molecule has 0 saturated heterocycles. The van der Waals surface area contributed by atoms with Gasteiger partial charge < -0.3 is 10.1 Å². The van der Waals surface area contributed by atoms with Crippen LogP contribution < -0.4 is 5.32 Å². The lowest BCUT2D eigenvalue weighted by Crippen LogP contribution is -2.54. The normalized spacial score (nSPS) is 40.4. The number of carbonyl (C=O) groups excluding carboxylic acids is 3. The van der Waals surface area contributed by atoms with Crippen molar-refractivity contribution >= 4 is 17.7 Å². The second-order valence-corrected chi connectivity index (χ2v) is 8.57. The van der Waals surface area contributed by atoms with Crippen molar-refractivity contribution in [2.75, 3.05) is 6.54 Å². The molecule has 0 unspecified atom stereocenters. The number of amides is 1. The van der Waals surface area contributed by atoms with Gasteiger partial charge in [-0.25, -0.2) is 0 Å². The summed E-state index contributed by atoms with van der Waals surface area (Å²) in [5.41, 5.74) is -0.240. The monoisotopic (exact) mass is 333 g/mol. The summed E-state index contributed by atoms with van der Waals surface area (Å²) in [4.78, 5) is 36.5. The van der Waals surface area contributed by atoms with Crippen molar-refractivity contribution in [2.24, 2.45) is 23.2 Å². The lowest BCUT2D eigenvalue weighted by atomic mass is 9.49. The number of ether oxygens (including phenoxy) is 1. The molecule has 0 aliphatic heterocycles. The van der Waals surface area contributed by atoms with Gasteiger partial charge in [0.25, 0.3) is 0 Å². The zero-order valence-corrected chi connectivity index (χ0v) is 14.2. The first-order chi connectivity index (χ1) is 11.5. The van der Waals surface area contributed by atoms with Crippen molar-refractivity contribution in [1.29, 1.82) is 0 Å². The first-order valence-corrected chi connectivity index (χ1v) is 9.54. The smallest absolute Gasteiger partial charge is 0.326 e. The van der Waals surface area contributed by atoms with Gasteiger partial charge in [-0.2, -0.15) is 0 Å². The maximum Gasteiger partial charge on any atom is 0.326 e. The maximum absolute atomic E-state index is 12.8. The Bertz CT molecular complexity index is 520. The van der Waals surface area contributed by atoms with Gasteiger partial charge in [0.15, 0.2) is 11.9 Å². The van der Waals surface area contributed by atoms with Gasteiger partial charge in [0.2, 0.25) is 5.91 Å². The van der Waals surface area contributed by atoms with Gasteiger partial charge in [0, 0.05) is 11.8 Å². The summed E-state index contributed by atoms with van der Waals surface area (Å²) in [6, 6.07) is 0. The summed E-state index contributed by atoms with van der Waals surface area (Å²) < 4.78 is 5.27. The molecule has 24 heavy (non-hydrogen) atoms. The zero-order chi connectivity index (χ0) is 16.7. The lowest BCUT2D eigenvalue weighted by molar-refractivity contribution is -0.158. The molecule has 5 aliphatic rings. The predicted molar refractivity (Wildman–Crippen MR) is 87.0 cm³/mol. The van der Waals surface area contributed by atoms with E-state index in [-0.39, 0.29) is 23.7 Å². The SMILES string of the molecule is O=C(CNC(=O)C12CC3CC(CC(C3)C1)C2)O[C@H]1CCCCC1=O. The van der Waals surface area contributed by atoms with E-state index in [4.69, 9.17) is 4.74 Å². The molecule has 5 heteroatoms. The van der Waals surface area contributed by atoms with Crippen LogP contribution in [0.4, 0.5) is 0 Å².